The van der Waals surface area contributed by atoms with Crippen LogP contribution < -0.4 is 10.2 Å². The second-order valence-electron chi connectivity index (χ2n) is 5.92. The second-order valence-corrected chi connectivity index (χ2v) is 6.35. The molecule has 0 atom stereocenters. The van der Waals surface area contributed by atoms with Gasteiger partial charge in [-0.15, -0.1) is 0 Å². The number of halogens is 1. The van der Waals surface area contributed by atoms with Crippen LogP contribution in [-0.2, 0) is 4.79 Å². The van der Waals surface area contributed by atoms with Crippen LogP contribution in [0.2, 0.25) is 5.02 Å². The third kappa shape index (κ3) is 5.43. The van der Waals surface area contributed by atoms with E-state index in [1.165, 1.54) is 0 Å². The molecule has 0 heterocycles. The highest BCUT2D eigenvalue weighted by Gasteiger charge is 2.04. The number of ether oxygens (including phenoxy) is 1. The first-order valence-corrected chi connectivity index (χ1v) is 8.87. The molecule has 1 N–H and O–H groups in total. The van der Waals surface area contributed by atoms with Gasteiger partial charge in [-0.3, -0.25) is 4.79 Å². The molecule has 5 heteroatoms. The Hall–Kier alpha value is -3.11. The van der Waals surface area contributed by atoms with Crippen LogP contribution in [-0.4, -0.2) is 18.2 Å². The van der Waals surface area contributed by atoms with Gasteiger partial charge in [-0.2, -0.15) is 5.10 Å². The number of hydrogen-bond acceptors (Lipinski definition) is 3. The minimum absolute atomic E-state index is 0.109. The molecule has 1 amide bonds. The van der Waals surface area contributed by atoms with Gasteiger partial charge < -0.3 is 4.74 Å². The van der Waals surface area contributed by atoms with Gasteiger partial charge in [-0.25, -0.2) is 5.43 Å². The maximum Gasteiger partial charge on any atom is 0.277 e. The quantitative estimate of drug-likeness (QED) is 0.488. The number of carbonyl (C=O) groups is 1. The molecule has 0 spiro atoms. The molecule has 0 fully saturated rings. The Morgan fingerprint density at radius 3 is 2.22 bits per heavy atom. The molecule has 0 saturated heterocycles. The average Bonchev–Trinajstić information content (AvgIpc) is 2.72. The smallest absolute Gasteiger partial charge is 0.277 e. The van der Waals surface area contributed by atoms with Gasteiger partial charge in [0.2, 0.25) is 0 Å². The maximum absolute atomic E-state index is 11.9. The van der Waals surface area contributed by atoms with Crippen LogP contribution in [0.3, 0.4) is 0 Å². The molecule has 136 valence electrons. The minimum atomic E-state index is -0.324. The summed E-state index contributed by atoms with van der Waals surface area (Å²) in [5.41, 5.74) is 6.29. The van der Waals surface area contributed by atoms with Gasteiger partial charge in [0.1, 0.15) is 5.75 Å². The van der Waals surface area contributed by atoms with E-state index in [9.17, 15) is 4.79 Å². The number of carbonyl (C=O) groups excluding carboxylic acids is 1. The first-order chi connectivity index (χ1) is 13.1. The number of hydrogen-bond donors (Lipinski definition) is 1. The number of rotatable bonds is 6. The molecule has 0 saturated carbocycles. The Morgan fingerprint density at radius 1 is 0.926 bits per heavy atom. The lowest BCUT2D eigenvalue weighted by Gasteiger charge is -2.07. The highest BCUT2D eigenvalue weighted by Crippen LogP contribution is 2.21. The van der Waals surface area contributed by atoms with E-state index in [1.54, 1.807) is 12.1 Å². The minimum Gasteiger partial charge on any atom is -0.484 e. The molecule has 3 aromatic carbocycles. The molecular formula is C22H19ClN2O2. The third-order valence-corrected chi connectivity index (χ3v) is 4.19. The van der Waals surface area contributed by atoms with Crippen molar-refractivity contribution in [2.45, 2.75) is 6.92 Å². The molecule has 0 bridgehead atoms. The zero-order valence-electron chi connectivity index (χ0n) is 14.9. The van der Waals surface area contributed by atoms with Crippen molar-refractivity contribution >= 4 is 23.2 Å². The first kappa shape index (κ1) is 18.7. The molecule has 0 aliphatic carbocycles. The Morgan fingerprint density at radius 2 is 1.56 bits per heavy atom. The van der Waals surface area contributed by atoms with Gasteiger partial charge in [-0.1, -0.05) is 66.2 Å². The van der Waals surface area contributed by atoms with E-state index >= 15 is 0 Å². The van der Waals surface area contributed by atoms with Crippen LogP contribution in [0.5, 0.6) is 5.75 Å². The zero-order valence-corrected chi connectivity index (χ0v) is 15.6. The van der Waals surface area contributed by atoms with Crippen molar-refractivity contribution in [3.8, 4) is 16.9 Å². The lowest BCUT2D eigenvalue weighted by molar-refractivity contribution is -0.123. The molecule has 3 rings (SSSR count). The van der Waals surface area contributed by atoms with Crippen LogP contribution in [0.4, 0.5) is 0 Å². The predicted molar refractivity (Wildman–Crippen MR) is 109 cm³/mol. The summed E-state index contributed by atoms with van der Waals surface area (Å²) in [6, 6.07) is 24.9. The summed E-state index contributed by atoms with van der Waals surface area (Å²) in [5.74, 6) is 0.304. The van der Waals surface area contributed by atoms with E-state index in [-0.39, 0.29) is 12.5 Å². The fraction of sp³-hybridized carbons (Fsp3) is 0.0909. The van der Waals surface area contributed by atoms with Crippen LogP contribution >= 0.6 is 11.6 Å². The van der Waals surface area contributed by atoms with Crippen LogP contribution in [0, 0.1) is 0 Å². The third-order valence-electron chi connectivity index (χ3n) is 3.94. The normalized spacial score (nSPS) is 11.1. The molecule has 0 radical (unpaired) electrons. The summed E-state index contributed by atoms with van der Waals surface area (Å²) < 4.78 is 5.51. The van der Waals surface area contributed by atoms with Gasteiger partial charge >= 0.3 is 0 Å². The number of nitrogens with zero attached hydrogens (tertiary/aromatic N) is 1. The first-order valence-electron chi connectivity index (χ1n) is 8.49. The van der Waals surface area contributed by atoms with E-state index < -0.39 is 0 Å². The fourth-order valence-corrected chi connectivity index (χ4v) is 2.58. The van der Waals surface area contributed by atoms with Crippen LogP contribution in [0.25, 0.3) is 11.1 Å². The highest BCUT2D eigenvalue weighted by atomic mass is 35.5. The van der Waals surface area contributed by atoms with Crippen molar-refractivity contribution in [2.75, 3.05) is 6.61 Å². The largest absolute Gasteiger partial charge is 0.484 e. The molecule has 0 aromatic heterocycles. The van der Waals surface area contributed by atoms with E-state index in [2.05, 4.69) is 10.5 Å². The maximum atomic E-state index is 11.9. The van der Waals surface area contributed by atoms with Crippen molar-refractivity contribution in [1.29, 1.82) is 0 Å². The number of nitrogens with one attached hydrogen (secondary N) is 1. The van der Waals surface area contributed by atoms with Crippen molar-refractivity contribution in [3.05, 3.63) is 89.4 Å². The van der Waals surface area contributed by atoms with Gasteiger partial charge in [0.25, 0.3) is 5.91 Å². The van der Waals surface area contributed by atoms with Crippen LogP contribution in [0.15, 0.2) is 84.0 Å². The highest BCUT2D eigenvalue weighted by molar-refractivity contribution is 6.30. The van der Waals surface area contributed by atoms with Crippen molar-refractivity contribution < 1.29 is 9.53 Å². The van der Waals surface area contributed by atoms with Crippen molar-refractivity contribution in [2.24, 2.45) is 5.10 Å². The molecule has 0 aliphatic rings. The summed E-state index contributed by atoms with van der Waals surface area (Å²) in [6.45, 7) is 1.70. The van der Waals surface area contributed by atoms with E-state index in [1.807, 2.05) is 73.7 Å². The monoisotopic (exact) mass is 378 g/mol. The van der Waals surface area contributed by atoms with Gasteiger partial charge in [0, 0.05) is 5.02 Å². The number of hydrazone groups is 1. The summed E-state index contributed by atoms with van der Waals surface area (Å²) in [7, 11) is 0. The Bertz CT molecular complexity index is 921. The fourth-order valence-electron chi connectivity index (χ4n) is 2.46. The molecule has 3 aromatic rings. The Labute approximate surface area is 163 Å². The Kier molecular flexibility index (Phi) is 6.23. The van der Waals surface area contributed by atoms with Crippen molar-refractivity contribution in [1.82, 2.24) is 5.43 Å². The van der Waals surface area contributed by atoms with Crippen LogP contribution in [0.1, 0.15) is 12.5 Å². The topological polar surface area (TPSA) is 50.7 Å². The standard InChI is InChI=1S/C22H19ClN2O2/c1-16(17-7-11-20(23)12-8-17)24-25-22(26)15-27-21-13-9-19(10-14-21)18-5-3-2-4-6-18/h2-14H,15H2,1H3,(H,25,26). The Balaban J connectivity index is 1.51. The van der Waals surface area contributed by atoms with E-state index in [0.29, 0.717) is 16.5 Å². The van der Waals surface area contributed by atoms with Gasteiger partial charge in [0.15, 0.2) is 6.61 Å². The second kappa shape index (κ2) is 9.01. The lowest BCUT2D eigenvalue weighted by atomic mass is 10.1. The molecule has 4 nitrogen and oxygen atoms in total. The molecular weight excluding hydrogens is 360 g/mol. The SMILES string of the molecule is CC(=NNC(=O)COc1ccc(-c2ccccc2)cc1)c1ccc(Cl)cc1. The van der Waals surface area contributed by atoms with Gasteiger partial charge in [-0.05, 0) is 47.9 Å². The number of amides is 1. The average molecular weight is 379 g/mol. The zero-order chi connectivity index (χ0) is 19.1. The predicted octanol–water partition coefficient (Wildman–Crippen LogP) is 4.93. The molecule has 0 unspecified atom stereocenters. The summed E-state index contributed by atoms with van der Waals surface area (Å²) in [6.07, 6.45) is 0. The van der Waals surface area contributed by atoms with E-state index in [4.69, 9.17) is 16.3 Å². The van der Waals surface area contributed by atoms with E-state index in [0.717, 1.165) is 16.7 Å². The number of benzene rings is 3. The lowest BCUT2D eigenvalue weighted by Crippen LogP contribution is -2.25. The molecule has 27 heavy (non-hydrogen) atoms. The summed E-state index contributed by atoms with van der Waals surface area (Å²) in [4.78, 5) is 11.9. The van der Waals surface area contributed by atoms with Crippen molar-refractivity contribution in [3.63, 3.8) is 0 Å². The summed E-state index contributed by atoms with van der Waals surface area (Å²) in [5, 5.41) is 4.74. The summed E-state index contributed by atoms with van der Waals surface area (Å²) >= 11 is 5.86. The van der Waals surface area contributed by atoms with Gasteiger partial charge in [0.05, 0.1) is 5.71 Å². The molecule has 0 aliphatic heterocycles.